The molecule has 2 N–H and O–H groups in total. The number of nitrogens with zero attached hydrogens (tertiary/aromatic N) is 5. The number of nitriles is 1. The molecule has 0 aromatic heterocycles. The Balaban J connectivity index is 0.831. The van der Waals surface area contributed by atoms with Crippen LogP contribution in [0.1, 0.15) is 88.3 Å². The molecule has 3 fully saturated rings. The Hall–Kier alpha value is -5.85. The average Bonchev–Trinajstić information content (AvgIpc) is 3.72. The maximum absolute atomic E-state index is 15.6. The first-order valence-electron chi connectivity index (χ1n) is 19.6. The molecule has 0 bridgehead atoms. The smallest absolute Gasteiger partial charge is 0.262 e. The van der Waals surface area contributed by atoms with Crippen LogP contribution in [0.4, 0.5) is 10.1 Å². The lowest BCUT2D eigenvalue weighted by Gasteiger charge is -2.63. The number of hydrogen-bond donors (Lipinski definition) is 2. The Bertz CT molecular complexity index is 2330. The summed E-state index contributed by atoms with van der Waals surface area (Å²) in [6, 6.07) is 13.3. The van der Waals surface area contributed by atoms with E-state index in [1.807, 2.05) is 43.6 Å². The Morgan fingerprint density at radius 2 is 1.58 bits per heavy atom. The quantitative estimate of drug-likeness (QED) is 0.316. The molecule has 1 saturated carbocycles. The topological polar surface area (TPSA) is 172 Å². The minimum atomic E-state index is -1.05. The predicted octanol–water partition coefficient (Wildman–Crippen LogP) is 4.03. The van der Waals surface area contributed by atoms with E-state index in [1.54, 1.807) is 47.4 Å². The van der Waals surface area contributed by atoms with Crippen LogP contribution in [-0.2, 0) is 27.5 Å². The molecule has 0 spiro atoms. The van der Waals surface area contributed by atoms with E-state index in [1.165, 1.54) is 6.07 Å². The summed E-state index contributed by atoms with van der Waals surface area (Å²) in [4.78, 5) is 84.0. The number of imide groups is 2. The molecule has 4 aliphatic heterocycles. The molecule has 4 heterocycles. The highest BCUT2D eigenvalue weighted by molar-refractivity contribution is 6.31. The van der Waals surface area contributed by atoms with Gasteiger partial charge in [0.15, 0.2) is 0 Å². The number of anilines is 1. The van der Waals surface area contributed by atoms with E-state index in [2.05, 4.69) is 10.6 Å². The molecular formula is C43H43ClFN7O7. The molecule has 1 atom stereocenters. The molecule has 5 aliphatic rings. The summed E-state index contributed by atoms with van der Waals surface area (Å²) >= 11 is 6.22. The lowest BCUT2D eigenvalue weighted by atomic mass is 9.49. The number of piperazine rings is 1. The van der Waals surface area contributed by atoms with Gasteiger partial charge in [0.1, 0.15) is 29.8 Å². The van der Waals surface area contributed by atoms with Crippen LogP contribution < -0.4 is 20.3 Å². The number of halogens is 2. The Morgan fingerprint density at radius 3 is 2.15 bits per heavy atom. The SMILES string of the molecule is CC1(C)C(NC(=O)c2ccc(N3CCN(CC(=O)N4Cc5cc6c(cc5C4)C(=O)N(C4CCC(=O)NC4=O)C6=O)CC3)c(F)c2)C(C)(C)C1Oc1ccc(C#N)c(Cl)c1. The van der Waals surface area contributed by atoms with E-state index < -0.39 is 52.2 Å². The van der Waals surface area contributed by atoms with Crippen molar-refractivity contribution in [2.24, 2.45) is 10.8 Å². The molecular weight excluding hydrogens is 781 g/mol. The van der Waals surface area contributed by atoms with Gasteiger partial charge in [-0.25, -0.2) is 4.39 Å². The monoisotopic (exact) mass is 823 g/mol. The van der Waals surface area contributed by atoms with Crippen LogP contribution in [0.25, 0.3) is 0 Å². The van der Waals surface area contributed by atoms with E-state index in [0.29, 0.717) is 48.2 Å². The normalized spacial score (nSPS) is 23.3. The first kappa shape index (κ1) is 40.0. The zero-order valence-corrected chi connectivity index (χ0v) is 33.8. The van der Waals surface area contributed by atoms with Gasteiger partial charge in [0.25, 0.3) is 17.7 Å². The van der Waals surface area contributed by atoms with Crippen molar-refractivity contribution >= 4 is 52.7 Å². The van der Waals surface area contributed by atoms with Crippen LogP contribution >= 0.6 is 11.6 Å². The third-order valence-electron chi connectivity index (χ3n) is 12.5. The minimum absolute atomic E-state index is 0.0366. The van der Waals surface area contributed by atoms with Gasteiger partial charge < -0.3 is 19.9 Å². The number of fused-ring (bicyclic) bond motifs is 2. The number of nitrogens with one attached hydrogen (secondary N) is 2. The molecule has 2 saturated heterocycles. The minimum Gasteiger partial charge on any atom is -0.489 e. The molecule has 3 aromatic rings. The number of carbonyl (C=O) groups excluding carboxylic acids is 6. The number of piperidine rings is 1. The van der Waals surface area contributed by atoms with Crippen LogP contribution in [0.5, 0.6) is 5.75 Å². The maximum atomic E-state index is 15.6. The fourth-order valence-corrected chi connectivity index (χ4v) is 9.91. The fraction of sp³-hybridized carbons (Fsp3) is 0.419. The van der Waals surface area contributed by atoms with E-state index in [0.717, 1.165) is 16.0 Å². The van der Waals surface area contributed by atoms with Gasteiger partial charge in [0.05, 0.1) is 33.9 Å². The second kappa shape index (κ2) is 14.8. The molecule has 16 heteroatoms. The highest BCUT2D eigenvalue weighted by atomic mass is 35.5. The first-order chi connectivity index (χ1) is 28.0. The van der Waals surface area contributed by atoms with Gasteiger partial charge in [-0.05, 0) is 60.0 Å². The number of benzene rings is 3. The predicted molar refractivity (Wildman–Crippen MR) is 212 cm³/mol. The Labute approximate surface area is 345 Å². The van der Waals surface area contributed by atoms with Crippen molar-refractivity contribution in [2.75, 3.05) is 37.6 Å². The average molecular weight is 824 g/mol. The molecule has 0 radical (unpaired) electrons. The number of amides is 6. The number of ether oxygens (including phenoxy) is 1. The van der Waals surface area contributed by atoms with Gasteiger partial charge in [-0.2, -0.15) is 5.26 Å². The summed E-state index contributed by atoms with van der Waals surface area (Å²) < 4.78 is 21.9. The Kier molecular flexibility index (Phi) is 9.99. The van der Waals surface area contributed by atoms with Gasteiger partial charge in [0, 0.05) is 74.2 Å². The first-order valence-corrected chi connectivity index (χ1v) is 19.9. The van der Waals surface area contributed by atoms with Crippen molar-refractivity contribution in [3.8, 4) is 11.8 Å². The summed E-state index contributed by atoms with van der Waals surface area (Å²) in [5, 5.41) is 14.8. The van der Waals surface area contributed by atoms with Crippen LogP contribution in [0.2, 0.25) is 5.02 Å². The molecule has 1 aliphatic carbocycles. The van der Waals surface area contributed by atoms with Crippen LogP contribution in [0.15, 0.2) is 48.5 Å². The second-order valence-electron chi connectivity index (χ2n) is 17.1. The van der Waals surface area contributed by atoms with Crippen LogP contribution in [-0.4, -0.2) is 101 Å². The van der Waals surface area contributed by atoms with E-state index in [9.17, 15) is 34.0 Å². The number of carbonyl (C=O) groups is 6. The Morgan fingerprint density at radius 1 is 0.932 bits per heavy atom. The van der Waals surface area contributed by atoms with Crippen LogP contribution in [0, 0.1) is 28.0 Å². The van der Waals surface area contributed by atoms with E-state index >= 15 is 4.39 Å². The summed E-state index contributed by atoms with van der Waals surface area (Å²) in [5.74, 6) is -2.79. The highest BCUT2D eigenvalue weighted by Gasteiger charge is 2.64. The van der Waals surface area contributed by atoms with Crippen molar-refractivity contribution in [1.29, 1.82) is 5.26 Å². The summed E-state index contributed by atoms with van der Waals surface area (Å²) in [7, 11) is 0. The molecule has 306 valence electrons. The zero-order chi connectivity index (χ0) is 42.1. The standard InChI is InChI=1S/C43H43ClFN7O7/c1-42(2)40(43(3,4)41(42)59-27-7-5-24(19-46)30(44)18-27)48-36(55)23-6-8-32(31(45)17-23)50-13-11-49(12-14-50)22-35(54)51-20-25-15-28-29(16-26(25)21-51)39(58)52(38(28)57)33-9-10-34(53)47-37(33)56/h5-8,15-18,33,40-41H,9-14,20-22H2,1-4H3,(H,48,55)(H,47,53,56). The van der Waals surface area contributed by atoms with E-state index in [-0.39, 0.29) is 67.2 Å². The van der Waals surface area contributed by atoms with Crippen molar-refractivity contribution in [2.45, 2.75) is 71.8 Å². The molecule has 8 rings (SSSR count). The highest BCUT2D eigenvalue weighted by Crippen LogP contribution is 2.55. The second-order valence-corrected chi connectivity index (χ2v) is 17.5. The lowest BCUT2D eigenvalue weighted by Crippen LogP contribution is -2.74. The summed E-state index contributed by atoms with van der Waals surface area (Å²) in [6.07, 6.45) is -0.177. The lowest BCUT2D eigenvalue weighted by molar-refractivity contribution is -0.164. The summed E-state index contributed by atoms with van der Waals surface area (Å²) in [6.45, 7) is 10.6. The van der Waals surface area contributed by atoms with E-state index in [4.69, 9.17) is 16.3 Å². The fourth-order valence-electron chi connectivity index (χ4n) is 9.70. The number of hydrogen-bond acceptors (Lipinski definition) is 10. The molecule has 3 aromatic carbocycles. The molecule has 14 nitrogen and oxygen atoms in total. The third kappa shape index (κ3) is 6.97. The summed E-state index contributed by atoms with van der Waals surface area (Å²) in [5.41, 5.74) is 1.83. The van der Waals surface area contributed by atoms with Gasteiger partial charge in [-0.15, -0.1) is 0 Å². The zero-order valence-electron chi connectivity index (χ0n) is 33.1. The number of rotatable bonds is 8. The van der Waals surface area contributed by atoms with Gasteiger partial charge in [0.2, 0.25) is 17.7 Å². The van der Waals surface area contributed by atoms with Crippen molar-refractivity contribution < 1.29 is 37.9 Å². The van der Waals surface area contributed by atoms with Gasteiger partial charge >= 0.3 is 0 Å². The van der Waals surface area contributed by atoms with Crippen molar-refractivity contribution in [3.05, 3.63) is 92.8 Å². The van der Waals surface area contributed by atoms with Gasteiger partial charge in [-0.1, -0.05) is 39.3 Å². The van der Waals surface area contributed by atoms with Crippen molar-refractivity contribution in [1.82, 2.24) is 25.3 Å². The molecule has 1 unspecified atom stereocenters. The van der Waals surface area contributed by atoms with Gasteiger partial charge in [-0.3, -0.25) is 43.9 Å². The largest absolute Gasteiger partial charge is 0.489 e. The third-order valence-corrected chi connectivity index (χ3v) is 12.9. The van der Waals surface area contributed by atoms with Crippen LogP contribution in [0.3, 0.4) is 0 Å². The maximum Gasteiger partial charge on any atom is 0.262 e. The van der Waals surface area contributed by atoms with Crippen molar-refractivity contribution in [3.63, 3.8) is 0 Å². The molecule has 59 heavy (non-hydrogen) atoms. The molecule has 6 amide bonds.